The first-order valence-electron chi connectivity index (χ1n) is 11.9. The third-order valence-electron chi connectivity index (χ3n) is 6.96. The number of anilines is 1. The minimum atomic E-state index is -1.23. The van der Waals surface area contributed by atoms with Gasteiger partial charge in [0.05, 0.1) is 5.56 Å². The van der Waals surface area contributed by atoms with E-state index in [4.69, 9.17) is 17.0 Å². The number of hydrogen-bond acceptors (Lipinski definition) is 7. The normalized spacial score (nSPS) is 16.2. The maximum Gasteiger partial charge on any atom is 0.340 e. The van der Waals surface area contributed by atoms with Gasteiger partial charge in [0.1, 0.15) is 11.5 Å². The van der Waals surface area contributed by atoms with Crippen molar-refractivity contribution in [3.63, 3.8) is 0 Å². The molecule has 10 heteroatoms. The highest BCUT2D eigenvalue weighted by atomic mass is 32.1. The molecule has 3 aromatic carbocycles. The standard InChI is InChI=1S/C28H21N3O6S/c32-18-2-5-21-15(12-18)11-16-13-19(33)3-6-22(16)28(21)23-4-1-17(14-20(23)26(36)37-28)30-27(38)29-9-10-31-24(34)7-8-25(31)35/h1-8,12-14,32-33H,9-11H2,(H2,29,30,38). The molecule has 0 saturated heterocycles. The van der Waals surface area contributed by atoms with Crippen molar-refractivity contribution in [3.05, 3.63) is 100 Å². The van der Waals surface area contributed by atoms with Gasteiger partial charge in [-0.2, -0.15) is 0 Å². The predicted octanol–water partition coefficient (Wildman–Crippen LogP) is 2.68. The lowest BCUT2D eigenvalue weighted by atomic mass is 9.71. The summed E-state index contributed by atoms with van der Waals surface area (Å²) in [6.45, 7) is 0.420. The van der Waals surface area contributed by atoms with Crippen LogP contribution >= 0.6 is 12.2 Å². The molecule has 1 aliphatic carbocycles. The molecule has 3 aliphatic rings. The third-order valence-corrected chi connectivity index (χ3v) is 7.21. The number of rotatable bonds is 4. The molecule has 0 aromatic heterocycles. The molecule has 4 N–H and O–H groups in total. The lowest BCUT2D eigenvalue weighted by Crippen LogP contribution is -2.39. The number of hydrogen-bond donors (Lipinski definition) is 4. The lowest BCUT2D eigenvalue weighted by molar-refractivity contribution is -0.136. The fourth-order valence-electron chi connectivity index (χ4n) is 5.35. The molecule has 0 bridgehead atoms. The molecule has 1 spiro atoms. The van der Waals surface area contributed by atoms with Crippen LogP contribution in [0, 0.1) is 0 Å². The average molecular weight is 528 g/mol. The van der Waals surface area contributed by atoms with E-state index in [1.807, 2.05) is 0 Å². The number of nitrogens with one attached hydrogen (secondary N) is 2. The van der Waals surface area contributed by atoms with E-state index in [9.17, 15) is 24.6 Å². The summed E-state index contributed by atoms with van der Waals surface area (Å²) in [6, 6.07) is 15.2. The molecule has 190 valence electrons. The number of carbonyl (C=O) groups excluding carboxylic acids is 3. The van der Waals surface area contributed by atoms with Gasteiger partial charge in [-0.15, -0.1) is 0 Å². The number of thiocarbonyl (C=S) groups is 1. The third kappa shape index (κ3) is 3.69. The van der Waals surface area contributed by atoms with Gasteiger partial charge in [0.2, 0.25) is 0 Å². The summed E-state index contributed by atoms with van der Waals surface area (Å²) in [5.41, 5.74) is 3.41. The largest absolute Gasteiger partial charge is 0.508 e. The Morgan fingerprint density at radius 2 is 1.50 bits per heavy atom. The Morgan fingerprint density at radius 1 is 0.895 bits per heavy atom. The van der Waals surface area contributed by atoms with Crippen molar-refractivity contribution in [2.24, 2.45) is 0 Å². The molecular weight excluding hydrogens is 506 g/mol. The first-order valence-corrected chi connectivity index (χ1v) is 12.3. The van der Waals surface area contributed by atoms with E-state index in [0.717, 1.165) is 27.2 Å². The van der Waals surface area contributed by atoms with Gasteiger partial charge in [-0.3, -0.25) is 14.5 Å². The van der Waals surface area contributed by atoms with Crippen molar-refractivity contribution < 1.29 is 29.3 Å². The Bertz CT molecular complexity index is 1530. The second-order valence-corrected chi connectivity index (χ2v) is 9.64. The van der Waals surface area contributed by atoms with Crippen LogP contribution in [0.5, 0.6) is 11.5 Å². The van der Waals surface area contributed by atoms with E-state index in [-0.39, 0.29) is 41.5 Å². The molecule has 0 atom stereocenters. The van der Waals surface area contributed by atoms with Crippen molar-refractivity contribution in [2.75, 3.05) is 18.4 Å². The zero-order valence-electron chi connectivity index (χ0n) is 19.9. The number of amides is 2. The second kappa shape index (κ2) is 8.70. The van der Waals surface area contributed by atoms with Gasteiger partial charge in [0.15, 0.2) is 10.7 Å². The molecule has 0 fully saturated rings. The van der Waals surface area contributed by atoms with Crippen LogP contribution in [-0.2, 0) is 26.3 Å². The number of nitrogens with zero attached hydrogens (tertiary/aromatic N) is 1. The predicted molar refractivity (Wildman–Crippen MR) is 141 cm³/mol. The maximum atomic E-state index is 13.2. The summed E-state index contributed by atoms with van der Waals surface area (Å²) in [6.07, 6.45) is 2.92. The molecule has 2 heterocycles. The number of phenolic OH excluding ortho intramolecular Hbond substituents is 2. The highest BCUT2D eigenvalue weighted by molar-refractivity contribution is 7.80. The average Bonchev–Trinajstić information content (AvgIpc) is 3.35. The molecule has 6 rings (SSSR count). The number of fused-ring (bicyclic) bond motifs is 6. The first-order chi connectivity index (χ1) is 18.3. The van der Waals surface area contributed by atoms with Crippen LogP contribution in [0.15, 0.2) is 66.7 Å². The highest BCUT2D eigenvalue weighted by Crippen LogP contribution is 2.53. The van der Waals surface area contributed by atoms with Gasteiger partial charge in [-0.25, -0.2) is 4.79 Å². The van der Waals surface area contributed by atoms with Crippen LogP contribution in [0.4, 0.5) is 5.69 Å². The van der Waals surface area contributed by atoms with Gasteiger partial charge in [-0.1, -0.05) is 18.2 Å². The van der Waals surface area contributed by atoms with E-state index < -0.39 is 11.6 Å². The molecule has 0 radical (unpaired) electrons. The van der Waals surface area contributed by atoms with Crippen LogP contribution in [0.3, 0.4) is 0 Å². The van der Waals surface area contributed by atoms with Crippen LogP contribution in [0.2, 0.25) is 0 Å². The van der Waals surface area contributed by atoms with Crippen molar-refractivity contribution in [3.8, 4) is 11.5 Å². The number of phenols is 2. The van der Waals surface area contributed by atoms with Gasteiger partial charge < -0.3 is 25.6 Å². The summed E-state index contributed by atoms with van der Waals surface area (Å²) >= 11 is 5.35. The van der Waals surface area contributed by atoms with E-state index in [2.05, 4.69) is 10.6 Å². The van der Waals surface area contributed by atoms with E-state index >= 15 is 0 Å². The van der Waals surface area contributed by atoms with Crippen LogP contribution in [0.1, 0.15) is 38.2 Å². The number of aromatic hydroxyl groups is 2. The van der Waals surface area contributed by atoms with E-state index in [0.29, 0.717) is 23.2 Å². The smallest absolute Gasteiger partial charge is 0.340 e. The lowest BCUT2D eigenvalue weighted by Gasteiger charge is -2.37. The highest BCUT2D eigenvalue weighted by Gasteiger charge is 2.52. The van der Waals surface area contributed by atoms with Gasteiger partial charge in [0, 0.05) is 47.6 Å². The number of imide groups is 1. The molecule has 0 saturated carbocycles. The summed E-state index contributed by atoms with van der Waals surface area (Å²) in [7, 11) is 0. The van der Waals surface area contributed by atoms with E-state index in [1.165, 1.54) is 12.2 Å². The topological polar surface area (TPSA) is 128 Å². The van der Waals surface area contributed by atoms with Gasteiger partial charge in [0.25, 0.3) is 11.8 Å². The molecular formula is C28H21N3O6S. The molecule has 38 heavy (non-hydrogen) atoms. The summed E-state index contributed by atoms with van der Waals surface area (Å²) in [5, 5.41) is 26.5. The van der Waals surface area contributed by atoms with Crippen LogP contribution in [-0.4, -0.2) is 51.1 Å². The summed E-state index contributed by atoms with van der Waals surface area (Å²) < 4.78 is 6.14. The van der Waals surface area contributed by atoms with Crippen molar-refractivity contribution in [2.45, 2.75) is 12.0 Å². The quantitative estimate of drug-likeness (QED) is 0.230. The second-order valence-electron chi connectivity index (χ2n) is 9.23. The van der Waals surface area contributed by atoms with Gasteiger partial charge in [-0.05, 0) is 66.2 Å². The zero-order chi connectivity index (χ0) is 26.6. The Balaban J connectivity index is 1.29. The van der Waals surface area contributed by atoms with Crippen LogP contribution in [0.25, 0.3) is 0 Å². The maximum absolute atomic E-state index is 13.2. The SMILES string of the molecule is O=C1OC2(c3ccc(O)cc3Cc3cc(O)ccc32)c2ccc(NC(=S)NCCN3C(=O)C=CC3=O)cc21. The Labute approximate surface area is 222 Å². The van der Waals surface area contributed by atoms with Crippen molar-refractivity contribution >= 4 is 40.8 Å². The molecule has 2 amide bonds. The molecule has 3 aromatic rings. The van der Waals surface area contributed by atoms with E-state index in [1.54, 1.807) is 54.6 Å². The minimum absolute atomic E-state index is 0.0994. The summed E-state index contributed by atoms with van der Waals surface area (Å²) in [5.74, 6) is -1.04. The first kappa shape index (κ1) is 23.7. The number of carbonyl (C=O) groups is 3. The number of ether oxygens (including phenoxy) is 1. The van der Waals surface area contributed by atoms with Crippen LogP contribution < -0.4 is 10.6 Å². The molecule has 9 nitrogen and oxygen atoms in total. The number of esters is 1. The molecule has 0 unspecified atom stereocenters. The Kier molecular flexibility index (Phi) is 5.42. The Morgan fingerprint density at radius 3 is 2.13 bits per heavy atom. The fraction of sp³-hybridized carbons (Fsp3) is 0.143. The molecule has 2 aliphatic heterocycles. The minimum Gasteiger partial charge on any atom is -0.508 e. The Hall–Kier alpha value is -4.70. The summed E-state index contributed by atoms with van der Waals surface area (Å²) in [4.78, 5) is 37.7. The van der Waals surface area contributed by atoms with Crippen molar-refractivity contribution in [1.29, 1.82) is 0 Å². The van der Waals surface area contributed by atoms with Crippen molar-refractivity contribution in [1.82, 2.24) is 10.2 Å². The fourth-order valence-corrected chi connectivity index (χ4v) is 5.56. The zero-order valence-corrected chi connectivity index (χ0v) is 20.7. The number of benzene rings is 3. The van der Waals surface area contributed by atoms with Gasteiger partial charge >= 0.3 is 5.97 Å². The monoisotopic (exact) mass is 527 g/mol.